The summed E-state index contributed by atoms with van der Waals surface area (Å²) in [6.07, 6.45) is 11.8. The predicted octanol–water partition coefficient (Wildman–Crippen LogP) is 5.87. The topological polar surface area (TPSA) is 98.7 Å². The first-order valence-corrected chi connectivity index (χ1v) is 14.6. The van der Waals surface area contributed by atoms with Gasteiger partial charge < -0.3 is 28.0 Å². The van der Waals surface area contributed by atoms with Crippen LogP contribution in [0.15, 0.2) is 0 Å². The van der Waals surface area contributed by atoms with E-state index in [2.05, 4.69) is 27.7 Å². The van der Waals surface area contributed by atoms with Crippen LogP contribution in [-0.4, -0.2) is 25.5 Å². The zero-order valence-corrected chi connectivity index (χ0v) is 21.9. The van der Waals surface area contributed by atoms with E-state index in [9.17, 15) is 18.9 Å². The maximum absolute atomic E-state index is 11.3. The summed E-state index contributed by atoms with van der Waals surface area (Å²) in [5.41, 5.74) is 0. The van der Waals surface area contributed by atoms with Crippen molar-refractivity contribution in [3.63, 3.8) is 0 Å². The molecule has 0 aromatic rings. The molecule has 0 fully saturated rings. The second-order valence-corrected chi connectivity index (χ2v) is 11.0. The maximum Gasteiger partial charge on any atom is 2.00 e. The van der Waals surface area contributed by atoms with E-state index in [0.717, 1.165) is 77.0 Å². The normalized spacial score (nSPS) is 14.8. The minimum atomic E-state index is -3.51. The van der Waals surface area contributed by atoms with Crippen LogP contribution in [-0.2, 0) is 35.2 Å². The first-order valence-electron chi connectivity index (χ1n) is 11.1. The molecule has 0 saturated heterocycles. The Hall–Kier alpha value is 0.819. The van der Waals surface area contributed by atoms with Crippen molar-refractivity contribution < 1.29 is 45.0 Å². The van der Waals surface area contributed by atoms with Crippen LogP contribution < -0.4 is 9.79 Å². The molecule has 0 rings (SSSR count). The standard InChI is InChI=1S/2C10H23O3P.Fe/c2*1-3-5-7-9-13-14(11,12)10-8-6-4-2;/h2*3-10H2,1-2H3,(H,11,12);/q;;+2/p-2. The summed E-state index contributed by atoms with van der Waals surface area (Å²) in [4.78, 5) is 22.5. The second kappa shape index (κ2) is 23.5. The molecule has 0 saturated carbocycles. The number of unbranched alkanes of at least 4 members (excludes halogenated alkanes) is 8. The SMILES string of the molecule is CCCCCOP(=O)([O-])CCCCC.CCCCCOP(=O)([O-])CCCCC.[Fe+2]. The van der Waals surface area contributed by atoms with Gasteiger partial charge >= 0.3 is 17.1 Å². The van der Waals surface area contributed by atoms with Crippen molar-refractivity contribution in [2.45, 2.75) is 105 Å². The first kappa shape index (κ1) is 34.4. The quantitative estimate of drug-likeness (QED) is 0.133. The van der Waals surface area contributed by atoms with Crippen molar-refractivity contribution in [1.29, 1.82) is 0 Å². The van der Waals surface area contributed by atoms with Gasteiger partial charge in [-0.3, -0.25) is 0 Å². The van der Waals surface area contributed by atoms with Gasteiger partial charge in [0, 0.05) is 12.3 Å². The van der Waals surface area contributed by atoms with Crippen LogP contribution in [0.5, 0.6) is 0 Å². The second-order valence-electron chi connectivity index (χ2n) is 7.16. The average molecular weight is 498 g/mol. The Bertz CT molecular complexity index is 386. The largest absolute Gasteiger partial charge is 2.00 e. The van der Waals surface area contributed by atoms with Gasteiger partial charge in [0.05, 0.1) is 13.2 Å². The smallest absolute Gasteiger partial charge is 0.778 e. The monoisotopic (exact) mass is 498 g/mol. The minimum Gasteiger partial charge on any atom is -0.778 e. The third-order valence-corrected chi connectivity index (χ3v) is 7.02. The van der Waals surface area contributed by atoms with Crippen molar-refractivity contribution in [2.24, 2.45) is 0 Å². The molecule has 0 aliphatic rings. The molecule has 29 heavy (non-hydrogen) atoms. The fourth-order valence-electron chi connectivity index (χ4n) is 2.35. The molecular formula is C20H44FeO6P2. The molecule has 6 nitrogen and oxygen atoms in total. The Balaban J connectivity index is -0.000000451. The summed E-state index contributed by atoms with van der Waals surface area (Å²) in [5, 5.41) is 0. The van der Waals surface area contributed by atoms with Gasteiger partial charge in [-0.1, -0.05) is 79.1 Å². The van der Waals surface area contributed by atoms with Crippen molar-refractivity contribution in [1.82, 2.24) is 0 Å². The molecule has 9 heteroatoms. The Labute approximate surface area is 190 Å². The van der Waals surface area contributed by atoms with E-state index in [0.29, 0.717) is 13.2 Å². The van der Waals surface area contributed by atoms with Crippen molar-refractivity contribution >= 4 is 15.2 Å². The van der Waals surface area contributed by atoms with E-state index >= 15 is 0 Å². The molecular weight excluding hydrogens is 454 g/mol. The molecule has 2 unspecified atom stereocenters. The molecule has 0 amide bonds. The van der Waals surface area contributed by atoms with E-state index < -0.39 is 15.2 Å². The van der Waals surface area contributed by atoms with Crippen LogP contribution >= 0.6 is 15.2 Å². The zero-order valence-electron chi connectivity index (χ0n) is 19.0. The Morgan fingerprint density at radius 1 is 0.552 bits per heavy atom. The van der Waals surface area contributed by atoms with E-state index in [1.165, 1.54) is 0 Å². The summed E-state index contributed by atoms with van der Waals surface area (Å²) >= 11 is 0. The van der Waals surface area contributed by atoms with Gasteiger partial charge in [0.1, 0.15) is 15.2 Å². The molecule has 0 radical (unpaired) electrons. The third-order valence-electron chi connectivity index (χ3n) is 4.14. The molecule has 178 valence electrons. The number of hydrogen-bond donors (Lipinski definition) is 0. The fraction of sp³-hybridized carbons (Fsp3) is 1.00. The van der Waals surface area contributed by atoms with Gasteiger partial charge in [-0.25, -0.2) is 0 Å². The summed E-state index contributed by atoms with van der Waals surface area (Å²) in [6.45, 7) is 8.99. The van der Waals surface area contributed by atoms with E-state index in [-0.39, 0.29) is 29.4 Å². The summed E-state index contributed by atoms with van der Waals surface area (Å²) < 4.78 is 32.3. The van der Waals surface area contributed by atoms with E-state index in [1.807, 2.05) is 0 Å². The van der Waals surface area contributed by atoms with Gasteiger partial charge in [0.15, 0.2) is 0 Å². The Morgan fingerprint density at radius 3 is 1.10 bits per heavy atom. The Kier molecular flexibility index (Phi) is 27.9. The molecule has 0 aromatic carbocycles. The van der Waals surface area contributed by atoms with Gasteiger partial charge in [0.2, 0.25) is 0 Å². The maximum atomic E-state index is 11.3. The van der Waals surface area contributed by atoms with Crippen LogP contribution in [0.25, 0.3) is 0 Å². The van der Waals surface area contributed by atoms with Gasteiger partial charge in [-0.05, 0) is 25.7 Å². The molecule has 0 spiro atoms. The summed E-state index contributed by atoms with van der Waals surface area (Å²) in [6, 6.07) is 0. The molecule has 0 aromatic heterocycles. The van der Waals surface area contributed by atoms with Crippen molar-refractivity contribution in [3.05, 3.63) is 0 Å². The molecule has 0 heterocycles. The van der Waals surface area contributed by atoms with Gasteiger partial charge in [0.25, 0.3) is 0 Å². The fourth-order valence-corrected chi connectivity index (χ4v) is 4.65. The van der Waals surface area contributed by atoms with E-state index in [4.69, 9.17) is 9.05 Å². The van der Waals surface area contributed by atoms with E-state index in [1.54, 1.807) is 0 Å². The molecule has 0 aliphatic carbocycles. The van der Waals surface area contributed by atoms with Gasteiger partial charge in [-0.2, -0.15) is 0 Å². The van der Waals surface area contributed by atoms with Crippen LogP contribution in [0.4, 0.5) is 0 Å². The zero-order chi connectivity index (χ0) is 21.7. The van der Waals surface area contributed by atoms with Gasteiger partial charge in [-0.15, -0.1) is 0 Å². The summed E-state index contributed by atoms with van der Waals surface area (Å²) in [5.74, 6) is 0. The van der Waals surface area contributed by atoms with Crippen LogP contribution in [0, 0.1) is 0 Å². The van der Waals surface area contributed by atoms with Crippen molar-refractivity contribution in [2.75, 3.05) is 25.5 Å². The number of rotatable bonds is 18. The van der Waals surface area contributed by atoms with Crippen LogP contribution in [0.1, 0.15) is 105 Å². The Morgan fingerprint density at radius 2 is 0.828 bits per heavy atom. The van der Waals surface area contributed by atoms with Crippen LogP contribution in [0.3, 0.4) is 0 Å². The molecule has 2 atom stereocenters. The number of hydrogen-bond acceptors (Lipinski definition) is 6. The minimum absolute atomic E-state index is 0. The predicted molar refractivity (Wildman–Crippen MR) is 115 cm³/mol. The first-order chi connectivity index (χ1) is 13.2. The van der Waals surface area contributed by atoms with Crippen molar-refractivity contribution in [3.8, 4) is 0 Å². The molecule has 0 bridgehead atoms. The third kappa shape index (κ3) is 28.8. The molecule has 0 aliphatic heterocycles. The van der Waals surface area contributed by atoms with Crippen LogP contribution in [0.2, 0.25) is 0 Å². The average Bonchev–Trinajstić information content (AvgIpc) is 2.63. The summed E-state index contributed by atoms with van der Waals surface area (Å²) in [7, 11) is -7.02. The molecule has 0 N–H and O–H groups in total.